The zero-order chi connectivity index (χ0) is 9.35. The molecule has 0 spiro atoms. The quantitative estimate of drug-likeness (QED) is 0.496. The first-order valence-corrected chi connectivity index (χ1v) is 4.89. The summed E-state index contributed by atoms with van der Waals surface area (Å²) in [4.78, 5) is 0. The zero-order valence-electron chi connectivity index (χ0n) is 7.81. The third-order valence-corrected chi connectivity index (χ3v) is 3.51. The van der Waals surface area contributed by atoms with Gasteiger partial charge in [-0.2, -0.15) is 0 Å². The summed E-state index contributed by atoms with van der Waals surface area (Å²) in [6.45, 7) is 7.78. The van der Waals surface area contributed by atoms with E-state index in [2.05, 4.69) is 6.58 Å². The summed E-state index contributed by atoms with van der Waals surface area (Å²) in [5, 5.41) is 9.66. The van der Waals surface area contributed by atoms with Crippen LogP contribution in [0.5, 0.6) is 0 Å². The first kappa shape index (κ1) is 10.1. The average molecular weight is 189 g/mol. The number of halogens is 1. The van der Waals surface area contributed by atoms with Crippen LogP contribution in [0, 0.1) is 5.92 Å². The normalized spacial score (nSPS) is 42.7. The summed E-state index contributed by atoms with van der Waals surface area (Å²) in [6, 6.07) is 0. The van der Waals surface area contributed by atoms with Gasteiger partial charge in [0.25, 0.3) is 0 Å². The number of allylic oxidation sites excluding steroid dienone is 1. The lowest BCUT2D eigenvalue weighted by Gasteiger charge is -2.37. The standard InChI is InChI=1S/C10H17ClO/c1-7(2)8-4-5-10(3,12)9(11)6-8/h8-9,12H,1,4-6H2,2-3H3/t8-,9+,10+/m1/s1. The van der Waals surface area contributed by atoms with E-state index >= 15 is 0 Å². The fourth-order valence-electron chi connectivity index (χ4n) is 1.69. The van der Waals surface area contributed by atoms with E-state index < -0.39 is 5.60 Å². The fourth-order valence-corrected chi connectivity index (χ4v) is 2.02. The second-order valence-electron chi connectivity index (χ2n) is 4.14. The molecule has 0 bridgehead atoms. The van der Waals surface area contributed by atoms with E-state index in [-0.39, 0.29) is 5.38 Å². The Morgan fingerprint density at radius 2 is 2.25 bits per heavy atom. The number of aliphatic hydroxyl groups is 1. The maximum Gasteiger partial charge on any atom is 0.0783 e. The van der Waals surface area contributed by atoms with E-state index in [1.165, 1.54) is 5.57 Å². The first-order valence-electron chi connectivity index (χ1n) is 4.45. The van der Waals surface area contributed by atoms with Crippen LogP contribution in [0.25, 0.3) is 0 Å². The van der Waals surface area contributed by atoms with Gasteiger partial charge >= 0.3 is 0 Å². The molecule has 1 nitrogen and oxygen atoms in total. The molecule has 1 aliphatic rings. The highest BCUT2D eigenvalue weighted by Gasteiger charge is 2.37. The van der Waals surface area contributed by atoms with Gasteiger partial charge in [0.15, 0.2) is 0 Å². The van der Waals surface area contributed by atoms with Gasteiger partial charge in [0.2, 0.25) is 0 Å². The molecule has 1 aliphatic carbocycles. The van der Waals surface area contributed by atoms with Crippen molar-refractivity contribution < 1.29 is 5.11 Å². The molecule has 0 aromatic carbocycles. The Labute approximate surface area is 79.4 Å². The molecular weight excluding hydrogens is 172 g/mol. The number of alkyl halides is 1. The number of hydrogen-bond acceptors (Lipinski definition) is 1. The molecule has 0 unspecified atom stereocenters. The van der Waals surface area contributed by atoms with Crippen molar-refractivity contribution in [2.75, 3.05) is 0 Å². The Kier molecular flexibility index (Phi) is 2.84. The van der Waals surface area contributed by atoms with E-state index in [0.29, 0.717) is 5.92 Å². The lowest BCUT2D eigenvalue weighted by molar-refractivity contribution is 0.0170. The van der Waals surface area contributed by atoms with E-state index in [1.807, 2.05) is 13.8 Å². The van der Waals surface area contributed by atoms with Crippen molar-refractivity contribution in [3.05, 3.63) is 12.2 Å². The lowest BCUT2D eigenvalue weighted by Crippen LogP contribution is -2.41. The predicted molar refractivity (Wildman–Crippen MR) is 52.4 cm³/mol. The molecule has 1 fully saturated rings. The van der Waals surface area contributed by atoms with Crippen LogP contribution in [0.3, 0.4) is 0 Å². The molecule has 2 heteroatoms. The molecule has 12 heavy (non-hydrogen) atoms. The Hall–Kier alpha value is -0.0100. The molecule has 1 saturated carbocycles. The van der Waals surface area contributed by atoms with Crippen molar-refractivity contribution in [2.45, 2.75) is 44.1 Å². The van der Waals surface area contributed by atoms with Gasteiger partial charge in [-0.05, 0) is 39.0 Å². The minimum Gasteiger partial charge on any atom is -0.389 e. The summed E-state index contributed by atoms with van der Waals surface area (Å²) in [5.74, 6) is 0.507. The number of rotatable bonds is 1. The molecule has 1 rings (SSSR count). The summed E-state index contributed by atoms with van der Waals surface area (Å²) >= 11 is 6.06. The highest BCUT2D eigenvalue weighted by atomic mass is 35.5. The van der Waals surface area contributed by atoms with Crippen LogP contribution in [-0.4, -0.2) is 16.1 Å². The molecular formula is C10H17ClO. The second-order valence-corrected chi connectivity index (χ2v) is 4.67. The van der Waals surface area contributed by atoms with Crippen LogP contribution in [0.4, 0.5) is 0 Å². The fraction of sp³-hybridized carbons (Fsp3) is 0.800. The highest BCUT2D eigenvalue weighted by molar-refractivity contribution is 6.21. The zero-order valence-corrected chi connectivity index (χ0v) is 8.56. The molecule has 0 aromatic heterocycles. The van der Waals surface area contributed by atoms with Crippen molar-refractivity contribution in [1.29, 1.82) is 0 Å². The minimum atomic E-state index is -0.673. The molecule has 0 amide bonds. The summed E-state index contributed by atoms with van der Waals surface area (Å²) in [7, 11) is 0. The van der Waals surface area contributed by atoms with E-state index in [9.17, 15) is 5.11 Å². The third kappa shape index (κ3) is 2.02. The van der Waals surface area contributed by atoms with Crippen molar-refractivity contribution in [3.8, 4) is 0 Å². The van der Waals surface area contributed by atoms with Gasteiger partial charge in [-0.1, -0.05) is 12.2 Å². The van der Waals surface area contributed by atoms with Gasteiger partial charge < -0.3 is 5.11 Å². The monoisotopic (exact) mass is 188 g/mol. The highest BCUT2D eigenvalue weighted by Crippen LogP contribution is 2.37. The Morgan fingerprint density at radius 1 is 1.67 bits per heavy atom. The van der Waals surface area contributed by atoms with E-state index in [4.69, 9.17) is 11.6 Å². The summed E-state index contributed by atoms with van der Waals surface area (Å²) in [5.41, 5.74) is 0.518. The van der Waals surface area contributed by atoms with Gasteiger partial charge in [0.05, 0.1) is 11.0 Å². The van der Waals surface area contributed by atoms with Gasteiger partial charge in [0, 0.05) is 0 Å². The summed E-state index contributed by atoms with van der Waals surface area (Å²) < 4.78 is 0. The largest absolute Gasteiger partial charge is 0.389 e. The Balaban J connectivity index is 2.58. The Morgan fingerprint density at radius 3 is 2.67 bits per heavy atom. The maximum absolute atomic E-state index is 9.78. The van der Waals surface area contributed by atoms with Gasteiger partial charge in [-0.25, -0.2) is 0 Å². The molecule has 0 aliphatic heterocycles. The molecule has 0 radical (unpaired) electrons. The Bertz CT molecular complexity index is 186. The van der Waals surface area contributed by atoms with E-state index in [0.717, 1.165) is 19.3 Å². The second kappa shape index (κ2) is 3.39. The van der Waals surface area contributed by atoms with Crippen LogP contribution in [0.15, 0.2) is 12.2 Å². The van der Waals surface area contributed by atoms with Crippen LogP contribution < -0.4 is 0 Å². The first-order chi connectivity index (χ1) is 5.43. The van der Waals surface area contributed by atoms with Crippen LogP contribution in [-0.2, 0) is 0 Å². The van der Waals surface area contributed by atoms with Gasteiger partial charge in [-0.15, -0.1) is 11.6 Å². The molecule has 1 N–H and O–H groups in total. The van der Waals surface area contributed by atoms with Crippen molar-refractivity contribution >= 4 is 11.6 Å². The van der Waals surface area contributed by atoms with Crippen molar-refractivity contribution in [1.82, 2.24) is 0 Å². The molecule has 70 valence electrons. The number of hydrogen-bond donors (Lipinski definition) is 1. The third-order valence-electron chi connectivity index (χ3n) is 2.86. The minimum absolute atomic E-state index is 0.118. The topological polar surface area (TPSA) is 20.2 Å². The van der Waals surface area contributed by atoms with E-state index in [1.54, 1.807) is 0 Å². The maximum atomic E-state index is 9.78. The molecule has 3 atom stereocenters. The van der Waals surface area contributed by atoms with Crippen LogP contribution in [0.1, 0.15) is 33.1 Å². The smallest absolute Gasteiger partial charge is 0.0783 e. The van der Waals surface area contributed by atoms with Gasteiger partial charge in [0.1, 0.15) is 0 Å². The SMILES string of the molecule is C=C(C)[C@@H]1CC[C@](C)(O)[C@@H](Cl)C1. The molecule has 0 aromatic rings. The van der Waals surface area contributed by atoms with Crippen molar-refractivity contribution in [3.63, 3.8) is 0 Å². The van der Waals surface area contributed by atoms with Crippen LogP contribution >= 0.6 is 11.6 Å². The average Bonchev–Trinajstić information content (AvgIpc) is 1.94. The molecule has 0 saturated heterocycles. The molecule has 0 heterocycles. The van der Waals surface area contributed by atoms with Gasteiger partial charge in [-0.3, -0.25) is 0 Å². The summed E-state index contributed by atoms with van der Waals surface area (Å²) in [6.07, 6.45) is 2.67. The van der Waals surface area contributed by atoms with Crippen molar-refractivity contribution in [2.24, 2.45) is 5.92 Å². The van der Waals surface area contributed by atoms with Crippen LogP contribution in [0.2, 0.25) is 0 Å². The predicted octanol–water partition coefficient (Wildman–Crippen LogP) is 2.72. The lowest BCUT2D eigenvalue weighted by atomic mass is 9.77.